The Hall–Kier alpha value is -3.88. The van der Waals surface area contributed by atoms with E-state index in [1.807, 2.05) is 6.20 Å². The Bertz CT molecular complexity index is 1340. The highest BCUT2D eigenvalue weighted by molar-refractivity contribution is 6.02. The molecule has 4 heterocycles. The fourth-order valence-corrected chi connectivity index (χ4v) is 4.33. The minimum Gasteiger partial charge on any atom is -0.478 e. The first-order valence-corrected chi connectivity index (χ1v) is 11.3. The van der Waals surface area contributed by atoms with Crippen LogP contribution >= 0.6 is 0 Å². The van der Waals surface area contributed by atoms with Crippen LogP contribution in [0.5, 0.6) is 5.88 Å². The Kier molecular flexibility index (Phi) is 7.49. The summed E-state index contributed by atoms with van der Waals surface area (Å²) in [5.74, 6) is -2.55. The molecule has 1 saturated heterocycles. The molecule has 0 radical (unpaired) electrons. The summed E-state index contributed by atoms with van der Waals surface area (Å²) < 4.78 is 70.1. The number of imidazole rings is 1. The third kappa shape index (κ3) is 5.82. The molecular formula is C23H22F5N5O5. The van der Waals surface area contributed by atoms with Crippen molar-refractivity contribution in [2.24, 2.45) is 5.41 Å². The lowest BCUT2D eigenvalue weighted by Gasteiger charge is -2.22. The molecule has 0 aromatic carbocycles. The van der Waals surface area contributed by atoms with Gasteiger partial charge in [-0.05, 0) is 36.8 Å². The number of halogens is 5. The van der Waals surface area contributed by atoms with Crippen LogP contribution in [0.15, 0.2) is 30.6 Å². The van der Waals surface area contributed by atoms with E-state index in [0.717, 1.165) is 38.2 Å². The van der Waals surface area contributed by atoms with Gasteiger partial charge in [-0.15, -0.1) is 0 Å². The molecule has 10 nitrogen and oxygen atoms in total. The second-order valence-corrected chi connectivity index (χ2v) is 8.77. The molecule has 2 aliphatic rings. The molecule has 1 amide bonds. The highest BCUT2D eigenvalue weighted by atomic mass is 19.4. The minimum absolute atomic E-state index is 0.121. The Morgan fingerprint density at radius 2 is 1.87 bits per heavy atom. The minimum atomic E-state index is -5.08. The highest BCUT2D eigenvalue weighted by Gasteiger charge is 2.56. The number of rotatable bonds is 5. The van der Waals surface area contributed by atoms with E-state index in [-0.39, 0.29) is 22.8 Å². The normalized spacial score (nSPS) is 18.1. The summed E-state index contributed by atoms with van der Waals surface area (Å²) in [4.78, 5) is 34.2. The number of nitrogens with one attached hydrogen (secondary N) is 1. The first-order chi connectivity index (χ1) is 17.9. The average Bonchev–Trinajstić information content (AvgIpc) is 3.38. The van der Waals surface area contributed by atoms with Gasteiger partial charge in [0.2, 0.25) is 5.65 Å². The molecule has 15 heteroatoms. The van der Waals surface area contributed by atoms with E-state index in [1.54, 1.807) is 10.6 Å². The number of nitrogens with zero attached hydrogens (tertiary/aromatic N) is 4. The van der Waals surface area contributed by atoms with Crippen LogP contribution in [-0.4, -0.2) is 62.8 Å². The molecule has 3 aromatic heterocycles. The summed E-state index contributed by atoms with van der Waals surface area (Å²) in [5.41, 5.74) is 1.22. The Morgan fingerprint density at radius 3 is 2.47 bits per heavy atom. The van der Waals surface area contributed by atoms with Gasteiger partial charge in [0.25, 0.3) is 18.2 Å². The molecular weight excluding hydrogens is 521 g/mol. The number of fused-ring (bicyclic) bond motifs is 1. The predicted molar refractivity (Wildman–Crippen MR) is 120 cm³/mol. The summed E-state index contributed by atoms with van der Waals surface area (Å²) in [6, 6.07) is 3.90. The number of carboxylic acid groups (broad SMARTS) is 1. The molecule has 1 spiro atoms. The van der Waals surface area contributed by atoms with Gasteiger partial charge in [-0.25, -0.2) is 23.5 Å². The molecule has 38 heavy (non-hydrogen) atoms. The number of hydrogen-bond donors (Lipinski definition) is 2. The molecule has 1 saturated carbocycles. The van der Waals surface area contributed by atoms with Gasteiger partial charge in [-0.2, -0.15) is 18.2 Å². The molecule has 1 atom stereocenters. The Labute approximate surface area is 211 Å². The average molecular weight is 543 g/mol. The molecule has 2 fully saturated rings. The quantitative estimate of drug-likeness (QED) is 0.458. The molecule has 1 aliphatic carbocycles. The van der Waals surface area contributed by atoms with Gasteiger partial charge in [0.05, 0.1) is 19.0 Å². The number of anilines is 1. The number of amides is 1. The zero-order valence-corrected chi connectivity index (χ0v) is 19.8. The largest absolute Gasteiger partial charge is 0.490 e. The van der Waals surface area contributed by atoms with Crippen molar-refractivity contribution in [2.75, 3.05) is 25.6 Å². The molecule has 204 valence electrons. The van der Waals surface area contributed by atoms with Crippen molar-refractivity contribution in [1.82, 2.24) is 19.4 Å². The van der Waals surface area contributed by atoms with Crippen molar-refractivity contribution in [3.8, 4) is 5.88 Å². The van der Waals surface area contributed by atoms with Crippen LogP contribution in [0.4, 0.5) is 27.8 Å². The maximum absolute atomic E-state index is 12.9. The second-order valence-electron chi connectivity index (χ2n) is 8.77. The molecule has 1 unspecified atom stereocenters. The number of aliphatic carboxylic acids is 1. The zero-order chi connectivity index (χ0) is 27.7. The number of carbonyl (C=O) groups excluding carboxylic acids is 1. The fourth-order valence-electron chi connectivity index (χ4n) is 4.33. The van der Waals surface area contributed by atoms with Crippen LogP contribution in [0.1, 0.15) is 53.5 Å². The standard InChI is InChI=1S/C21H21F2N5O3.C2HF3O2/c1-30-20-18-25-15(12-9-21(12)5-7-31-8-6-21)10-28(18)11-16(27-20)26-19(29)14-4-2-3-13(24-14)17(22)23;3-2(4,5)1(6)7/h2-4,10-12,17H,5-9H2,1H3,(H,26,29);(H,6,7). The van der Waals surface area contributed by atoms with Gasteiger partial charge < -0.3 is 19.9 Å². The number of carboxylic acids is 1. The van der Waals surface area contributed by atoms with Crippen molar-refractivity contribution in [2.45, 2.75) is 37.8 Å². The topological polar surface area (TPSA) is 128 Å². The molecule has 5 rings (SSSR count). The summed E-state index contributed by atoms with van der Waals surface area (Å²) in [5, 5.41) is 9.72. The van der Waals surface area contributed by atoms with Crippen molar-refractivity contribution in [3.63, 3.8) is 0 Å². The fraction of sp³-hybridized carbons (Fsp3) is 0.435. The van der Waals surface area contributed by atoms with E-state index in [1.165, 1.54) is 25.3 Å². The van der Waals surface area contributed by atoms with E-state index in [0.29, 0.717) is 11.6 Å². The number of alkyl halides is 5. The lowest BCUT2D eigenvalue weighted by Crippen LogP contribution is -2.21. The summed E-state index contributed by atoms with van der Waals surface area (Å²) in [7, 11) is 1.48. The van der Waals surface area contributed by atoms with Crippen molar-refractivity contribution in [3.05, 3.63) is 47.7 Å². The molecule has 2 N–H and O–H groups in total. The summed E-state index contributed by atoms with van der Waals surface area (Å²) >= 11 is 0. The highest BCUT2D eigenvalue weighted by Crippen LogP contribution is 2.64. The molecule has 1 aliphatic heterocycles. The number of aromatic nitrogens is 4. The van der Waals surface area contributed by atoms with Crippen molar-refractivity contribution < 1.29 is 46.1 Å². The molecule has 0 bridgehead atoms. The van der Waals surface area contributed by atoms with Crippen molar-refractivity contribution >= 4 is 23.3 Å². The number of methoxy groups -OCH3 is 1. The van der Waals surface area contributed by atoms with Crippen molar-refractivity contribution in [1.29, 1.82) is 0 Å². The third-order valence-corrected chi connectivity index (χ3v) is 6.37. The lowest BCUT2D eigenvalue weighted by atomic mass is 9.93. The van der Waals surface area contributed by atoms with Crippen LogP contribution in [0.25, 0.3) is 5.65 Å². The number of pyridine rings is 1. The van der Waals surface area contributed by atoms with Gasteiger partial charge >= 0.3 is 12.1 Å². The summed E-state index contributed by atoms with van der Waals surface area (Å²) in [6.45, 7) is 1.57. The van der Waals surface area contributed by atoms with Crippen LogP contribution in [-0.2, 0) is 9.53 Å². The third-order valence-electron chi connectivity index (χ3n) is 6.37. The predicted octanol–water partition coefficient (Wildman–Crippen LogP) is 4.24. The number of hydrogen-bond acceptors (Lipinski definition) is 7. The van der Waals surface area contributed by atoms with Gasteiger partial charge in [-0.3, -0.25) is 9.20 Å². The maximum atomic E-state index is 12.9. The van der Waals surface area contributed by atoms with E-state index in [9.17, 15) is 26.7 Å². The second kappa shape index (κ2) is 10.5. The monoisotopic (exact) mass is 543 g/mol. The van der Waals surface area contributed by atoms with E-state index < -0.39 is 30.2 Å². The first-order valence-electron chi connectivity index (χ1n) is 11.3. The maximum Gasteiger partial charge on any atom is 0.490 e. The Balaban J connectivity index is 0.000000426. The molecule has 3 aromatic rings. The van der Waals surface area contributed by atoms with E-state index in [2.05, 4.69) is 15.3 Å². The van der Waals surface area contributed by atoms with E-state index in [4.69, 9.17) is 24.4 Å². The van der Waals surface area contributed by atoms with Crippen LogP contribution < -0.4 is 10.1 Å². The number of ether oxygens (including phenoxy) is 2. The summed E-state index contributed by atoms with van der Waals surface area (Å²) in [6.07, 6.45) is -1.12. The van der Waals surface area contributed by atoms with Crippen LogP contribution in [0.3, 0.4) is 0 Å². The Morgan fingerprint density at radius 1 is 1.18 bits per heavy atom. The van der Waals surface area contributed by atoms with Gasteiger partial charge in [-0.1, -0.05) is 6.07 Å². The van der Waals surface area contributed by atoms with Gasteiger partial charge in [0.15, 0.2) is 5.82 Å². The lowest BCUT2D eigenvalue weighted by molar-refractivity contribution is -0.192. The van der Waals surface area contributed by atoms with Crippen LogP contribution in [0, 0.1) is 5.41 Å². The first kappa shape index (κ1) is 27.2. The van der Waals surface area contributed by atoms with Gasteiger partial charge in [0, 0.05) is 25.3 Å². The van der Waals surface area contributed by atoms with Gasteiger partial charge in [0.1, 0.15) is 11.4 Å². The smallest absolute Gasteiger partial charge is 0.478 e. The SMILES string of the molecule is COc1nc(NC(=O)c2cccc(C(F)F)n2)cn2cc(C3CC34CCOCC4)nc12.O=C(O)C(F)(F)F. The van der Waals surface area contributed by atoms with E-state index >= 15 is 0 Å². The van der Waals surface area contributed by atoms with Crippen LogP contribution in [0.2, 0.25) is 0 Å². The zero-order valence-electron chi connectivity index (χ0n) is 19.8. The number of carbonyl (C=O) groups is 2.